The van der Waals surface area contributed by atoms with Crippen LogP contribution in [0.1, 0.15) is 47.0 Å². The summed E-state index contributed by atoms with van der Waals surface area (Å²) in [4.78, 5) is 62.1. The van der Waals surface area contributed by atoms with E-state index in [1.165, 1.54) is 32.2 Å². The lowest BCUT2D eigenvalue weighted by molar-refractivity contribution is -0.146. The molecule has 2 heterocycles. The molecule has 2 aliphatic rings. The molecule has 1 saturated heterocycles. The number of hydrogen-bond acceptors (Lipinski definition) is 10. The monoisotopic (exact) mass is 856 g/mol. The Morgan fingerprint density at radius 1 is 1.12 bits per heavy atom. The fourth-order valence-electron chi connectivity index (χ4n) is 6.74. The van der Waals surface area contributed by atoms with Crippen LogP contribution in [0.5, 0.6) is 17.4 Å². The molecular weight excluding hydrogens is 808 g/mol. The summed E-state index contributed by atoms with van der Waals surface area (Å²) >= 11 is 3.57. The lowest BCUT2D eigenvalue weighted by Crippen LogP contribution is -2.58. The first-order valence-electron chi connectivity index (χ1n) is 18.2. The summed E-state index contributed by atoms with van der Waals surface area (Å²) in [5.41, 5.74) is -1.26. The Hall–Kier alpha value is -4.74. The summed E-state index contributed by atoms with van der Waals surface area (Å²) in [6, 6.07) is 12.9. The van der Waals surface area contributed by atoms with Gasteiger partial charge in [-0.1, -0.05) is 45.0 Å². The van der Waals surface area contributed by atoms with Crippen molar-refractivity contribution < 1.29 is 41.8 Å². The van der Waals surface area contributed by atoms with Gasteiger partial charge in [0.15, 0.2) is 0 Å². The number of nitrogens with zero attached hydrogens (tertiary/aromatic N) is 3. The summed E-state index contributed by atoms with van der Waals surface area (Å²) in [6.45, 7) is 11.4. The molecule has 3 N–H and O–H groups in total. The van der Waals surface area contributed by atoms with Crippen LogP contribution in [0, 0.1) is 17.3 Å². The van der Waals surface area contributed by atoms with Gasteiger partial charge in [-0.15, -0.1) is 6.58 Å². The SMILES string of the molecule is C=C[C@@H]1C[C@]1(NC(=O)[C@H]1C[C@@H](Oc2cc(OCC)nc3c(Br)c(OC)ccc23)CN1C(=O)[C@@H](CC(=O)Nc1ccccc1)C(C)(C)C)C(=O)NS(=O)(=O)N(C)C. The van der Waals surface area contributed by atoms with Gasteiger partial charge in [0, 0.05) is 50.0 Å². The van der Waals surface area contributed by atoms with Crippen molar-refractivity contribution in [3.63, 3.8) is 0 Å². The lowest BCUT2D eigenvalue weighted by atomic mass is 9.77. The topological polar surface area (TPSA) is 186 Å². The van der Waals surface area contributed by atoms with E-state index in [-0.39, 0.29) is 37.6 Å². The molecule has 0 bridgehead atoms. The fourth-order valence-corrected chi connectivity index (χ4v) is 7.93. The van der Waals surface area contributed by atoms with E-state index in [0.717, 1.165) is 4.31 Å². The Morgan fingerprint density at radius 3 is 2.41 bits per heavy atom. The van der Waals surface area contributed by atoms with Crippen molar-refractivity contribution in [1.82, 2.24) is 24.2 Å². The normalized spacial score (nSPS) is 21.2. The standard InChI is InChI=1S/C39H49BrN6O9S/c1-9-23-21-39(23,37(50)44-56(51,52)45(6)7)43-35(48)28-18-25(55-30-20-32(54-10-2)42-34-26(30)16-17-29(53-8)33(34)40)22-46(28)36(49)27(38(3,4)5)19-31(47)41-24-14-12-11-13-15-24/h9,11-17,20,23,25,27-28H,1,10,18-19,21-22H2,2-8H3,(H,41,47)(H,43,48)(H,44,50)/t23-,25-,27-,28-,39-/m1/s1. The maximum Gasteiger partial charge on any atom is 0.303 e. The van der Waals surface area contributed by atoms with E-state index >= 15 is 0 Å². The third kappa shape index (κ3) is 9.10. The Balaban J connectivity index is 1.50. The van der Waals surface area contributed by atoms with Gasteiger partial charge >= 0.3 is 10.2 Å². The van der Waals surface area contributed by atoms with Crippen LogP contribution >= 0.6 is 15.9 Å². The average molecular weight is 858 g/mol. The number of fused-ring (bicyclic) bond motifs is 1. The second kappa shape index (κ2) is 16.8. The number of aromatic nitrogens is 1. The highest BCUT2D eigenvalue weighted by atomic mass is 79.9. The number of carbonyl (C=O) groups excluding carboxylic acids is 4. The predicted molar refractivity (Wildman–Crippen MR) is 214 cm³/mol. The van der Waals surface area contributed by atoms with Crippen LogP contribution in [0.4, 0.5) is 5.69 Å². The van der Waals surface area contributed by atoms with Crippen LogP contribution in [0.2, 0.25) is 0 Å². The molecule has 5 atom stereocenters. The van der Waals surface area contributed by atoms with Crippen LogP contribution in [0.25, 0.3) is 10.9 Å². The smallest absolute Gasteiger partial charge is 0.303 e. The van der Waals surface area contributed by atoms with Gasteiger partial charge in [-0.05, 0) is 59.0 Å². The maximum absolute atomic E-state index is 14.7. The second-order valence-corrected chi connectivity index (χ2v) is 17.8. The van der Waals surface area contributed by atoms with Crippen molar-refractivity contribution >= 4 is 66.4 Å². The lowest BCUT2D eigenvalue weighted by Gasteiger charge is -2.35. The quantitative estimate of drug-likeness (QED) is 0.185. The molecule has 56 heavy (non-hydrogen) atoms. The van der Waals surface area contributed by atoms with Crippen LogP contribution in [-0.2, 0) is 29.4 Å². The number of amides is 4. The minimum Gasteiger partial charge on any atom is -0.495 e. The highest BCUT2D eigenvalue weighted by molar-refractivity contribution is 9.10. The summed E-state index contributed by atoms with van der Waals surface area (Å²) in [7, 11) is -0.116. The van der Waals surface area contributed by atoms with Crippen molar-refractivity contribution in [3.8, 4) is 17.4 Å². The Bertz CT molecular complexity index is 2110. The number of nitrogens with one attached hydrogen (secondary N) is 3. The first-order chi connectivity index (χ1) is 26.3. The molecule has 1 aliphatic heterocycles. The highest BCUT2D eigenvalue weighted by Gasteiger charge is 2.61. The summed E-state index contributed by atoms with van der Waals surface area (Å²) in [5, 5.41) is 6.25. The van der Waals surface area contributed by atoms with Crippen molar-refractivity contribution in [3.05, 3.63) is 65.7 Å². The van der Waals surface area contributed by atoms with Gasteiger partial charge in [-0.2, -0.15) is 12.7 Å². The van der Waals surface area contributed by atoms with Crippen molar-refractivity contribution in [2.75, 3.05) is 39.7 Å². The molecule has 0 radical (unpaired) electrons. The molecular formula is C39H49BrN6O9S. The molecule has 4 amide bonds. The minimum atomic E-state index is -4.19. The number of benzene rings is 2. The Kier molecular flexibility index (Phi) is 12.7. The van der Waals surface area contributed by atoms with Crippen molar-refractivity contribution in [1.29, 1.82) is 0 Å². The molecule has 302 valence electrons. The molecule has 5 rings (SSSR count). The number of anilines is 1. The number of carbonyl (C=O) groups is 4. The zero-order valence-electron chi connectivity index (χ0n) is 32.6. The fraction of sp³-hybridized carbons (Fsp3) is 0.462. The molecule has 1 saturated carbocycles. The van der Waals surface area contributed by atoms with Gasteiger partial charge in [0.25, 0.3) is 5.91 Å². The summed E-state index contributed by atoms with van der Waals surface area (Å²) in [5.74, 6) is -2.69. The van der Waals surface area contributed by atoms with Crippen LogP contribution < -0.4 is 29.6 Å². The largest absolute Gasteiger partial charge is 0.495 e. The summed E-state index contributed by atoms with van der Waals surface area (Å²) < 4.78 is 46.6. The second-order valence-electron chi connectivity index (χ2n) is 15.1. The Morgan fingerprint density at radius 2 is 1.82 bits per heavy atom. The predicted octanol–water partition coefficient (Wildman–Crippen LogP) is 4.43. The zero-order valence-corrected chi connectivity index (χ0v) is 35.0. The van der Waals surface area contributed by atoms with Gasteiger partial charge in [0.1, 0.15) is 29.2 Å². The van der Waals surface area contributed by atoms with E-state index in [1.54, 1.807) is 42.5 Å². The number of ether oxygens (including phenoxy) is 3. The van der Waals surface area contributed by atoms with E-state index in [9.17, 15) is 27.6 Å². The molecule has 17 heteroatoms. The number of pyridine rings is 1. The molecule has 0 unspecified atom stereocenters. The molecule has 1 aliphatic carbocycles. The van der Waals surface area contributed by atoms with Crippen LogP contribution in [0.3, 0.4) is 0 Å². The van der Waals surface area contributed by atoms with Gasteiger partial charge < -0.3 is 29.7 Å². The summed E-state index contributed by atoms with van der Waals surface area (Å²) in [6.07, 6.45) is 0.655. The third-order valence-electron chi connectivity index (χ3n) is 10.0. The van der Waals surface area contributed by atoms with Gasteiger partial charge in [0.05, 0.1) is 36.2 Å². The number of hydrogen-bond donors (Lipinski definition) is 3. The van der Waals surface area contributed by atoms with Gasteiger partial charge in [-0.3, -0.25) is 19.2 Å². The number of methoxy groups -OCH3 is 1. The Labute approximate surface area is 335 Å². The van der Waals surface area contributed by atoms with E-state index in [4.69, 9.17) is 14.2 Å². The first kappa shape index (κ1) is 42.4. The number of rotatable bonds is 15. The molecule has 1 aromatic heterocycles. The zero-order chi connectivity index (χ0) is 41.2. The van der Waals surface area contributed by atoms with E-state index in [2.05, 4.69) is 38.1 Å². The minimum absolute atomic E-state index is 0.00219. The van der Waals surface area contributed by atoms with E-state index in [0.29, 0.717) is 39.2 Å². The molecule has 2 aromatic carbocycles. The van der Waals surface area contributed by atoms with Gasteiger partial charge in [0.2, 0.25) is 23.6 Å². The van der Waals surface area contributed by atoms with Gasteiger partial charge in [-0.25, -0.2) is 9.71 Å². The molecule has 3 aromatic rings. The molecule has 15 nitrogen and oxygen atoms in total. The van der Waals surface area contributed by atoms with E-state index in [1.807, 2.05) is 38.5 Å². The number of halogens is 1. The van der Waals surface area contributed by atoms with Crippen molar-refractivity contribution in [2.24, 2.45) is 17.3 Å². The van der Waals surface area contributed by atoms with Crippen LogP contribution in [0.15, 0.2) is 65.7 Å². The highest BCUT2D eigenvalue weighted by Crippen LogP contribution is 2.46. The first-order valence-corrected chi connectivity index (χ1v) is 20.4. The van der Waals surface area contributed by atoms with E-state index < -0.39 is 62.9 Å². The van der Waals surface area contributed by atoms with Crippen molar-refractivity contribution in [2.45, 2.75) is 64.6 Å². The maximum atomic E-state index is 14.7. The molecule has 2 fully saturated rings. The molecule has 0 spiro atoms. The average Bonchev–Trinajstić information content (AvgIpc) is 3.69. The number of para-hydroxylation sites is 1. The van der Waals surface area contributed by atoms with Crippen LogP contribution in [-0.4, -0.2) is 98.3 Å². The third-order valence-corrected chi connectivity index (χ3v) is 12.2. The number of likely N-dealkylation sites (tertiary alicyclic amines) is 1.